The second-order valence-electron chi connectivity index (χ2n) is 4.65. The molecule has 0 aliphatic carbocycles. The number of hydrogen-bond donors (Lipinski definition) is 2. The number of nitrogen functional groups attached to an aromatic ring is 1. The number of methoxy groups -OCH3 is 1. The van der Waals surface area contributed by atoms with Gasteiger partial charge in [-0.25, -0.2) is 9.36 Å². The third-order valence-electron chi connectivity index (χ3n) is 2.88. The topological polar surface area (TPSA) is 108 Å². The van der Waals surface area contributed by atoms with Crippen LogP contribution in [0, 0.1) is 0 Å². The van der Waals surface area contributed by atoms with E-state index in [1.807, 2.05) is 6.92 Å². The van der Waals surface area contributed by atoms with Gasteiger partial charge in [0.25, 0.3) is 5.56 Å². The summed E-state index contributed by atoms with van der Waals surface area (Å²) in [6.45, 7) is 2.97. The SMILES string of the molecule is CCCn1cc(N)c(=O)n(CC(=O)NCCCOC)c1=O. The fourth-order valence-electron chi connectivity index (χ4n) is 1.86. The Morgan fingerprint density at radius 2 is 2.14 bits per heavy atom. The lowest BCUT2D eigenvalue weighted by atomic mass is 10.4. The molecule has 0 aromatic carbocycles. The van der Waals surface area contributed by atoms with Gasteiger partial charge in [0.2, 0.25) is 5.91 Å². The van der Waals surface area contributed by atoms with Crippen LogP contribution in [-0.4, -0.2) is 35.3 Å². The molecule has 3 N–H and O–H groups in total. The van der Waals surface area contributed by atoms with E-state index < -0.39 is 17.2 Å². The van der Waals surface area contributed by atoms with Crippen LogP contribution in [0.3, 0.4) is 0 Å². The van der Waals surface area contributed by atoms with E-state index in [-0.39, 0.29) is 12.2 Å². The number of aryl methyl sites for hydroxylation is 1. The van der Waals surface area contributed by atoms with E-state index in [2.05, 4.69) is 5.32 Å². The molecule has 0 radical (unpaired) electrons. The number of carbonyl (C=O) groups is 1. The average molecular weight is 298 g/mol. The zero-order valence-electron chi connectivity index (χ0n) is 12.4. The van der Waals surface area contributed by atoms with Gasteiger partial charge in [-0.05, 0) is 12.8 Å². The number of ether oxygens (including phenoxy) is 1. The molecule has 1 aromatic rings. The van der Waals surface area contributed by atoms with Crippen molar-refractivity contribution in [2.75, 3.05) is 26.0 Å². The van der Waals surface area contributed by atoms with Crippen molar-refractivity contribution in [2.45, 2.75) is 32.9 Å². The Morgan fingerprint density at radius 1 is 1.43 bits per heavy atom. The van der Waals surface area contributed by atoms with Crippen LogP contribution in [-0.2, 0) is 22.6 Å². The van der Waals surface area contributed by atoms with Crippen molar-refractivity contribution < 1.29 is 9.53 Å². The summed E-state index contributed by atoms with van der Waals surface area (Å²) < 4.78 is 7.06. The van der Waals surface area contributed by atoms with Crippen LogP contribution >= 0.6 is 0 Å². The number of amides is 1. The summed E-state index contributed by atoms with van der Waals surface area (Å²) >= 11 is 0. The number of nitrogens with zero attached hydrogens (tertiary/aromatic N) is 2. The normalized spacial score (nSPS) is 10.6. The predicted octanol–water partition coefficient (Wildman–Crippen LogP) is -0.845. The van der Waals surface area contributed by atoms with Crippen molar-refractivity contribution in [3.8, 4) is 0 Å². The lowest BCUT2D eigenvalue weighted by Gasteiger charge is -2.11. The van der Waals surface area contributed by atoms with E-state index in [4.69, 9.17) is 10.5 Å². The van der Waals surface area contributed by atoms with E-state index in [1.165, 1.54) is 10.8 Å². The quantitative estimate of drug-likeness (QED) is 0.608. The highest BCUT2D eigenvalue weighted by Gasteiger charge is 2.12. The van der Waals surface area contributed by atoms with Crippen molar-refractivity contribution in [3.63, 3.8) is 0 Å². The molecular formula is C13H22N4O4. The zero-order chi connectivity index (χ0) is 15.8. The van der Waals surface area contributed by atoms with E-state index in [1.54, 1.807) is 7.11 Å². The van der Waals surface area contributed by atoms with Crippen LogP contribution in [0.2, 0.25) is 0 Å². The molecule has 0 atom stereocenters. The monoisotopic (exact) mass is 298 g/mol. The number of hydrogen-bond acceptors (Lipinski definition) is 5. The largest absolute Gasteiger partial charge is 0.393 e. The first-order valence-electron chi connectivity index (χ1n) is 6.86. The number of rotatable bonds is 8. The molecule has 1 aromatic heterocycles. The molecule has 8 nitrogen and oxygen atoms in total. The van der Waals surface area contributed by atoms with Gasteiger partial charge in [-0.15, -0.1) is 0 Å². The van der Waals surface area contributed by atoms with Crippen LogP contribution in [0.4, 0.5) is 5.69 Å². The minimum absolute atomic E-state index is 0.0461. The van der Waals surface area contributed by atoms with Crippen molar-refractivity contribution >= 4 is 11.6 Å². The number of anilines is 1. The smallest absolute Gasteiger partial charge is 0.331 e. The molecule has 0 aliphatic heterocycles. The number of nitrogens with two attached hydrogens (primary N) is 1. The second-order valence-corrected chi connectivity index (χ2v) is 4.65. The number of nitrogens with one attached hydrogen (secondary N) is 1. The molecule has 0 bridgehead atoms. The highest BCUT2D eigenvalue weighted by Crippen LogP contribution is 1.92. The second kappa shape index (κ2) is 8.25. The molecule has 1 heterocycles. The van der Waals surface area contributed by atoms with Gasteiger partial charge in [-0.2, -0.15) is 0 Å². The molecule has 1 rings (SSSR count). The lowest BCUT2D eigenvalue weighted by molar-refractivity contribution is -0.121. The van der Waals surface area contributed by atoms with Crippen molar-refractivity contribution in [2.24, 2.45) is 0 Å². The van der Waals surface area contributed by atoms with Crippen LogP contribution in [0.25, 0.3) is 0 Å². The van der Waals surface area contributed by atoms with E-state index in [0.29, 0.717) is 26.1 Å². The fourth-order valence-corrected chi connectivity index (χ4v) is 1.86. The van der Waals surface area contributed by atoms with Crippen molar-refractivity contribution in [3.05, 3.63) is 27.0 Å². The van der Waals surface area contributed by atoms with Crippen molar-refractivity contribution in [1.82, 2.24) is 14.5 Å². The highest BCUT2D eigenvalue weighted by molar-refractivity contribution is 5.75. The molecule has 1 amide bonds. The number of aromatic nitrogens is 2. The maximum Gasteiger partial charge on any atom is 0.331 e. The Morgan fingerprint density at radius 3 is 2.76 bits per heavy atom. The van der Waals surface area contributed by atoms with Crippen LogP contribution in [0.1, 0.15) is 19.8 Å². The minimum Gasteiger partial charge on any atom is -0.393 e. The number of carbonyl (C=O) groups excluding carboxylic acids is 1. The lowest BCUT2D eigenvalue weighted by Crippen LogP contribution is -2.44. The first kappa shape index (κ1) is 17.0. The van der Waals surface area contributed by atoms with E-state index in [9.17, 15) is 14.4 Å². The van der Waals surface area contributed by atoms with Gasteiger partial charge in [-0.3, -0.25) is 14.2 Å². The zero-order valence-corrected chi connectivity index (χ0v) is 12.4. The third-order valence-corrected chi connectivity index (χ3v) is 2.88. The Hall–Kier alpha value is -2.09. The highest BCUT2D eigenvalue weighted by atomic mass is 16.5. The van der Waals surface area contributed by atoms with Gasteiger partial charge in [0.1, 0.15) is 12.2 Å². The Kier molecular flexibility index (Phi) is 6.67. The Bertz CT molecular complexity index is 591. The maximum atomic E-state index is 12.1. The fraction of sp³-hybridized carbons (Fsp3) is 0.615. The Balaban J connectivity index is 2.85. The molecule has 0 aliphatic rings. The summed E-state index contributed by atoms with van der Waals surface area (Å²) in [6, 6.07) is 0. The van der Waals surface area contributed by atoms with Crippen LogP contribution in [0.15, 0.2) is 15.8 Å². The van der Waals surface area contributed by atoms with Gasteiger partial charge in [0, 0.05) is 33.0 Å². The first-order valence-corrected chi connectivity index (χ1v) is 6.86. The summed E-state index contributed by atoms with van der Waals surface area (Å²) in [5.41, 5.74) is 4.38. The molecule has 0 saturated carbocycles. The molecule has 118 valence electrons. The third kappa shape index (κ3) is 4.75. The molecule has 0 saturated heterocycles. The van der Waals surface area contributed by atoms with Crippen LogP contribution < -0.4 is 22.3 Å². The van der Waals surface area contributed by atoms with Gasteiger partial charge in [0.05, 0.1) is 0 Å². The van der Waals surface area contributed by atoms with E-state index in [0.717, 1.165) is 11.0 Å². The standard InChI is InChI=1S/C13H22N4O4/c1-3-6-16-8-10(14)12(19)17(13(16)20)9-11(18)15-5-4-7-21-2/h8H,3-7,9,14H2,1-2H3,(H,15,18). The maximum absolute atomic E-state index is 12.1. The van der Waals surface area contributed by atoms with Gasteiger partial charge in [-0.1, -0.05) is 6.92 Å². The van der Waals surface area contributed by atoms with Gasteiger partial charge < -0.3 is 15.8 Å². The minimum atomic E-state index is -0.639. The molecule has 8 heteroatoms. The average Bonchev–Trinajstić information content (AvgIpc) is 2.46. The molecular weight excluding hydrogens is 276 g/mol. The summed E-state index contributed by atoms with van der Waals surface area (Å²) in [5, 5.41) is 2.62. The first-order chi connectivity index (χ1) is 10.0. The summed E-state index contributed by atoms with van der Waals surface area (Å²) in [6.07, 6.45) is 2.70. The molecule has 21 heavy (non-hydrogen) atoms. The van der Waals surface area contributed by atoms with Gasteiger partial charge in [0.15, 0.2) is 0 Å². The Labute approximate surface area is 122 Å². The summed E-state index contributed by atoms with van der Waals surface area (Å²) in [7, 11) is 1.57. The van der Waals surface area contributed by atoms with Gasteiger partial charge >= 0.3 is 5.69 Å². The van der Waals surface area contributed by atoms with Crippen molar-refractivity contribution in [1.29, 1.82) is 0 Å². The summed E-state index contributed by atoms with van der Waals surface area (Å²) in [4.78, 5) is 35.8. The molecule has 0 unspecified atom stereocenters. The molecule has 0 spiro atoms. The summed E-state index contributed by atoms with van der Waals surface area (Å²) in [5.74, 6) is -0.404. The predicted molar refractivity (Wildman–Crippen MR) is 79.2 cm³/mol. The van der Waals surface area contributed by atoms with Crippen LogP contribution in [0.5, 0.6) is 0 Å². The molecule has 0 fully saturated rings. The van der Waals surface area contributed by atoms with E-state index >= 15 is 0 Å².